The van der Waals surface area contributed by atoms with Gasteiger partial charge < -0.3 is 10.1 Å². The highest BCUT2D eigenvalue weighted by Gasteiger charge is 2.17. The predicted octanol–water partition coefficient (Wildman–Crippen LogP) is 3.83. The van der Waals surface area contributed by atoms with Crippen LogP contribution in [0, 0.1) is 0 Å². The smallest absolute Gasteiger partial charge is 0.267 e. The van der Waals surface area contributed by atoms with Crippen molar-refractivity contribution in [3.8, 4) is 5.88 Å². The van der Waals surface area contributed by atoms with E-state index < -0.39 is 0 Å². The highest BCUT2D eigenvalue weighted by molar-refractivity contribution is 5.85. The fourth-order valence-corrected chi connectivity index (χ4v) is 2.91. The molecule has 1 atom stereocenters. The number of rotatable bonds is 8. The molecule has 0 radical (unpaired) electrons. The van der Waals surface area contributed by atoms with Gasteiger partial charge in [-0.3, -0.25) is 4.79 Å². The molecule has 0 aliphatic heterocycles. The number of halogens is 1. The lowest BCUT2D eigenvalue weighted by molar-refractivity contribution is 0.223. The minimum Gasteiger partial charge on any atom is -0.474 e. The van der Waals surface area contributed by atoms with E-state index in [1.54, 1.807) is 6.07 Å². The van der Waals surface area contributed by atoms with Gasteiger partial charge in [0.15, 0.2) is 0 Å². The lowest BCUT2D eigenvalue weighted by Gasteiger charge is -2.21. The average Bonchev–Trinajstić information content (AvgIpc) is 2.68. The second kappa shape index (κ2) is 10.6. The van der Waals surface area contributed by atoms with Crippen molar-refractivity contribution in [2.24, 2.45) is 0 Å². The van der Waals surface area contributed by atoms with Gasteiger partial charge in [0.05, 0.1) is 12.1 Å². The van der Waals surface area contributed by atoms with Crippen LogP contribution in [0.1, 0.15) is 31.0 Å². The van der Waals surface area contributed by atoms with Gasteiger partial charge in [-0.25, -0.2) is 4.68 Å². The number of hydrogen-bond donors (Lipinski definition) is 1. The summed E-state index contributed by atoms with van der Waals surface area (Å²) >= 11 is 0. The van der Waals surface area contributed by atoms with E-state index >= 15 is 0 Å². The Morgan fingerprint density at radius 1 is 0.964 bits per heavy atom. The van der Waals surface area contributed by atoms with Crippen molar-refractivity contribution in [3.05, 3.63) is 94.3 Å². The Morgan fingerprint density at radius 2 is 1.61 bits per heavy atom. The van der Waals surface area contributed by atoms with E-state index in [0.717, 1.165) is 12.1 Å². The molecule has 0 aliphatic rings. The molecule has 2 aromatic carbocycles. The minimum absolute atomic E-state index is 0. The largest absolute Gasteiger partial charge is 0.474 e. The van der Waals surface area contributed by atoms with Gasteiger partial charge in [-0.05, 0) is 25.0 Å². The van der Waals surface area contributed by atoms with Crippen molar-refractivity contribution < 1.29 is 4.74 Å². The molecule has 0 saturated carbocycles. The van der Waals surface area contributed by atoms with Crippen LogP contribution in [-0.2, 0) is 6.54 Å². The Kier molecular flexibility index (Phi) is 8.23. The summed E-state index contributed by atoms with van der Waals surface area (Å²) in [6, 6.07) is 23.0. The molecule has 5 nitrogen and oxygen atoms in total. The summed E-state index contributed by atoms with van der Waals surface area (Å²) < 4.78 is 7.18. The lowest BCUT2D eigenvalue weighted by atomic mass is 10.1. The van der Waals surface area contributed by atoms with Crippen molar-refractivity contribution in [1.29, 1.82) is 0 Å². The number of benzene rings is 2. The Hall–Kier alpha value is -2.63. The summed E-state index contributed by atoms with van der Waals surface area (Å²) in [4.78, 5) is 12.5. The maximum Gasteiger partial charge on any atom is 0.267 e. The monoisotopic (exact) mass is 399 g/mol. The summed E-state index contributed by atoms with van der Waals surface area (Å²) in [6.07, 6.45) is -0.00478. The number of nitrogens with zero attached hydrogens (tertiary/aromatic N) is 2. The molecule has 1 unspecified atom stereocenters. The molecule has 0 bridgehead atoms. The van der Waals surface area contributed by atoms with E-state index in [1.807, 2.05) is 62.4 Å². The first-order chi connectivity index (χ1) is 13.1. The zero-order valence-corrected chi connectivity index (χ0v) is 16.9. The van der Waals surface area contributed by atoms with Crippen molar-refractivity contribution in [1.82, 2.24) is 15.1 Å². The first-order valence-electron chi connectivity index (χ1n) is 9.19. The van der Waals surface area contributed by atoms with Crippen LogP contribution in [0.25, 0.3) is 0 Å². The fraction of sp³-hybridized carbons (Fsp3) is 0.273. The lowest BCUT2D eigenvalue weighted by Crippen LogP contribution is -2.34. The molecule has 148 valence electrons. The van der Waals surface area contributed by atoms with Crippen LogP contribution in [0.3, 0.4) is 0 Å². The van der Waals surface area contributed by atoms with Crippen LogP contribution in [0.4, 0.5) is 0 Å². The normalized spacial score (nSPS) is 11.7. The zero-order chi connectivity index (χ0) is 19.1. The number of hydrogen-bond acceptors (Lipinski definition) is 4. The van der Waals surface area contributed by atoms with Crippen LogP contribution in [0.2, 0.25) is 0 Å². The maximum atomic E-state index is 12.5. The Balaban J connectivity index is 0.00000280. The molecule has 1 N–H and O–H groups in total. The second-order valence-electron chi connectivity index (χ2n) is 6.66. The third-order valence-corrected chi connectivity index (χ3v) is 4.15. The number of nitrogens with one attached hydrogen (secondary N) is 1. The third-order valence-electron chi connectivity index (χ3n) is 4.15. The molecular formula is C22H26ClN3O2. The van der Waals surface area contributed by atoms with Gasteiger partial charge in [-0.15, -0.1) is 17.5 Å². The van der Waals surface area contributed by atoms with Crippen molar-refractivity contribution in [3.63, 3.8) is 0 Å². The van der Waals surface area contributed by atoms with Gasteiger partial charge in [0, 0.05) is 25.2 Å². The Bertz CT molecular complexity index is 898. The first kappa shape index (κ1) is 21.7. The van der Waals surface area contributed by atoms with E-state index in [2.05, 4.69) is 22.5 Å². The first-order valence-corrected chi connectivity index (χ1v) is 9.19. The molecule has 6 heteroatoms. The van der Waals surface area contributed by atoms with Gasteiger partial charge in [-0.2, -0.15) is 0 Å². The summed E-state index contributed by atoms with van der Waals surface area (Å²) in [5, 5.41) is 7.90. The topological polar surface area (TPSA) is 56.1 Å². The quantitative estimate of drug-likeness (QED) is 0.625. The Labute approximate surface area is 171 Å². The predicted molar refractivity (Wildman–Crippen MR) is 114 cm³/mol. The Morgan fingerprint density at radius 3 is 2.25 bits per heavy atom. The zero-order valence-electron chi connectivity index (χ0n) is 16.1. The van der Waals surface area contributed by atoms with Crippen molar-refractivity contribution in [2.75, 3.05) is 6.54 Å². The van der Waals surface area contributed by atoms with Gasteiger partial charge in [0.1, 0.15) is 0 Å². The fourth-order valence-electron chi connectivity index (χ4n) is 2.91. The highest BCUT2D eigenvalue weighted by Crippen LogP contribution is 2.17. The molecular weight excluding hydrogens is 374 g/mol. The summed E-state index contributed by atoms with van der Waals surface area (Å²) in [6.45, 7) is 5.18. The minimum atomic E-state index is -0.224. The molecule has 0 spiro atoms. The van der Waals surface area contributed by atoms with E-state index in [1.165, 1.54) is 16.3 Å². The maximum absolute atomic E-state index is 12.5. The van der Waals surface area contributed by atoms with Crippen molar-refractivity contribution in [2.45, 2.75) is 32.5 Å². The third kappa shape index (κ3) is 5.94. The SMILES string of the molecule is CC(C)Oc1ccc(=O)n(C(CNCc2ccccc2)c2ccccc2)n1.Cl. The van der Waals surface area contributed by atoms with Gasteiger partial charge in [0.25, 0.3) is 5.56 Å². The van der Waals surface area contributed by atoms with Gasteiger partial charge in [0.2, 0.25) is 5.88 Å². The summed E-state index contributed by atoms with van der Waals surface area (Å²) in [5.74, 6) is 0.452. The molecule has 1 aromatic heterocycles. The van der Waals surface area contributed by atoms with Crippen LogP contribution in [0.15, 0.2) is 77.6 Å². The highest BCUT2D eigenvalue weighted by atomic mass is 35.5. The molecule has 0 fully saturated rings. The standard InChI is InChI=1S/C22H25N3O2.ClH/c1-17(2)27-21-13-14-22(26)25(24-21)20(19-11-7-4-8-12-19)16-23-15-18-9-5-3-6-10-18;/h3-14,17,20,23H,15-16H2,1-2H3;1H. The van der Waals surface area contributed by atoms with Crippen LogP contribution < -0.4 is 15.6 Å². The van der Waals surface area contributed by atoms with Crippen LogP contribution >= 0.6 is 12.4 Å². The average molecular weight is 400 g/mol. The van der Waals surface area contributed by atoms with E-state index in [0.29, 0.717) is 12.4 Å². The summed E-state index contributed by atoms with van der Waals surface area (Å²) in [5.41, 5.74) is 2.07. The molecule has 3 aromatic rings. The van der Waals surface area contributed by atoms with Crippen LogP contribution in [-0.4, -0.2) is 22.4 Å². The molecule has 0 aliphatic carbocycles. The molecule has 1 heterocycles. The van der Waals surface area contributed by atoms with Gasteiger partial charge in [-0.1, -0.05) is 60.7 Å². The second-order valence-corrected chi connectivity index (χ2v) is 6.66. The molecule has 28 heavy (non-hydrogen) atoms. The van der Waals surface area contributed by atoms with E-state index in [9.17, 15) is 4.79 Å². The van der Waals surface area contributed by atoms with Crippen molar-refractivity contribution >= 4 is 12.4 Å². The number of aromatic nitrogens is 2. The van der Waals surface area contributed by atoms with Gasteiger partial charge >= 0.3 is 0 Å². The van der Waals surface area contributed by atoms with E-state index in [-0.39, 0.29) is 30.1 Å². The number of ether oxygens (including phenoxy) is 1. The molecule has 0 amide bonds. The molecule has 3 rings (SSSR count). The summed E-state index contributed by atoms with van der Waals surface area (Å²) in [7, 11) is 0. The molecule has 0 saturated heterocycles. The van der Waals surface area contributed by atoms with Crippen LogP contribution in [0.5, 0.6) is 5.88 Å². The van der Waals surface area contributed by atoms with E-state index in [4.69, 9.17) is 4.74 Å².